The predicted octanol–water partition coefficient (Wildman–Crippen LogP) is 0.341. The predicted molar refractivity (Wildman–Crippen MR) is 72.4 cm³/mol. The minimum Gasteiger partial charge on any atom is -0.378 e. The van der Waals surface area contributed by atoms with E-state index in [1.165, 1.54) is 0 Å². The Morgan fingerprint density at radius 3 is 2.89 bits per heavy atom. The summed E-state index contributed by atoms with van der Waals surface area (Å²) in [5.74, 6) is 0.0957. The zero-order chi connectivity index (χ0) is 13.6. The molecule has 0 bridgehead atoms. The fourth-order valence-electron chi connectivity index (χ4n) is 2.08. The summed E-state index contributed by atoms with van der Waals surface area (Å²) in [4.78, 5) is 13.9. The molecule has 0 aromatic rings. The van der Waals surface area contributed by atoms with Gasteiger partial charge in [0.2, 0.25) is 5.91 Å². The molecule has 0 aromatic heterocycles. The molecule has 1 rings (SSSR count). The highest BCUT2D eigenvalue weighted by molar-refractivity contribution is 5.75. The Morgan fingerprint density at radius 1 is 1.56 bits per heavy atom. The van der Waals surface area contributed by atoms with Gasteiger partial charge in [-0.2, -0.15) is 0 Å². The molecule has 1 saturated heterocycles. The van der Waals surface area contributed by atoms with Crippen molar-refractivity contribution in [2.75, 3.05) is 32.8 Å². The van der Waals surface area contributed by atoms with Gasteiger partial charge >= 0.3 is 0 Å². The van der Waals surface area contributed by atoms with E-state index in [-0.39, 0.29) is 17.5 Å². The number of amides is 1. The van der Waals surface area contributed by atoms with Crippen molar-refractivity contribution < 1.29 is 9.53 Å². The summed E-state index contributed by atoms with van der Waals surface area (Å²) in [6.45, 7) is 10.3. The molecule has 1 fully saturated rings. The van der Waals surface area contributed by atoms with Crippen LogP contribution in [0.5, 0.6) is 0 Å². The zero-order valence-corrected chi connectivity index (χ0v) is 11.9. The normalized spacial score (nSPS) is 21.6. The molecule has 1 unspecified atom stereocenters. The molecule has 1 amide bonds. The molecule has 0 aromatic carbocycles. The first-order valence-corrected chi connectivity index (χ1v) is 6.77. The van der Waals surface area contributed by atoms with Crippen molar-refractivity contribution in [3.8, 4) is 0 Å². The third-order valence-electron chi connectivity index (χ3n) is 3.35. The van der Waals surface area contributed by atoms with Gasteiger partial charge in [0.25, 0.3) is 0 Å². The third-order valence-corrected chi connectivity index (χ3v) is 3.35. The van der Waals surface area contributed by atoms with Crippen LogP contribution in [0, 0.1) is 0 Å². The molecule has 18 heavy (non-hydrogen) atoms. The molecule has 0 spiro atoms. The van der Waals surface area contributed by atoms with E-state index >= 15 is 0 Å². The summed E-state index contributed by atoms with van der Waals surface area (Å²) >= 11 is 0. The summed E-state index contributed by atoms with van der Waals surface area (Å²) < 4.78 is 5.46. The number of hydrogen-bond acceptors (Lipinski definition) is 4. The summed E-state index contributed by atoms with van der Waals surface area (Å²) in [5.41, 5.74) is 5.68. The molecule has 0 aliphatic carbocycles. The van der Waals surface area contributed by atoms with Gasteiger partial charge in [0.05, 0.1) is 13.2 Å². The molecular weight excluding hydrogens is 230 g/mol. The highest BCUT2D eigenvalue weighted by Crippen LogP contribution is 2.17. The number of nitrogens with two attached hydrogens (primary N) is 1. The Morgan fingerprint density at radius 2 is 2.28 bits per heavy atom. The van der Waals surface area contributed by atoms with Crippen LogP contribution >= 0.6 is 0 Å². The van der Waals surface area contributed by atoms with Gasteiger partial charge in [0.1, 0.15) is 0 Å². The first kappa shape index (κ1) is 15.4. The second kappa shape index (κ2) is 7.07. The van der Waals surface area contributed by atoms with Gasteiger partial charge in [-0.15, -0.1) is 0 Å². The summed E-state index contributed by atoms with van der Waals surface area (Å²) in [6.07, 6.45) is 1.26. The van der Waals surface area contributed by atoms with Gasteiger partial charge in [-0.25, -0.2) is 0 Å². The number of morpholine rings is 1. The Balaban J connectivity index is 2.18. The summed E-state index contributed by atoms with van der Waals surface area (Å²) in [5, 5.41) is 2.95. The quantitative estimate of drug-likeness (QED) is 0.720. The lowest BCUT2D eigenvalue weighted by atomic mass is 10.0. The van der Waals surface area contributed by atoms with Crippen LogP contribution in [0.2, 0.25) is 0 Å². The van der Waals surface area contributed by atoms with Crippen molar-refractivity contribution in [3.63, 3.8) is 0 Å². The van der Waals surface area contributed by atoms with Crippen molar-refractivity contribution in [1.82, 2.24) is 10.2 Å². The fraction of sp³-hybridized carbons (Fsp3) is 0.923. The Kier molecular flexibility index (Phi) is 6.05. The van der Waals surface area contributed by atoms with E-state index in [0.717, 1.165) is 32.7 Å². The van der Waals surface area contributed by atoms with E-state index in [0.29, 0.717) is 13.0 Å². The SMILES string of the molecule is CC(N)CCC(=O)NCCN1CCOCC1(C)C. The van der Waals surface area contributed by atoms with Gasteiger partial charge in [0.15, 0.2) is 0 Å². The van der Waals surface area contributed by atoms with Crippen LogP contribution in [0.4, 0.5) is 0 Å². The number of ether oxygens (including phenoxy) is 1. The van der Waals surface area contributed by atoms with Gasteiger partial charge in [-0.1, -0.05) is 0 Å². The first-order valence-electron chi connectivity index (χ1n) is 6.77. The minimum atomic E-state index is 0.0642. The van der Waals surface area contributed by atoms with Crippen LogP contribution in [0.3, 0.4) is 0 Å². The van der Waals surface area contributed by atoms with Crippen LogP contribution < -0.4 is 11.1 Å². The number of carbonyl (C=O) groups excluding carboxylic acids is 1. The van der Waals surface area contributed by atoms with Crippen molar-refractivity contribution in [3.05, 3.63) is 0 Å². The van der Waals surface area contributed by atoms with E-state index in [1.54, 1.807) is 0 Å². The number of nitrogens with zero attached hydrogens (tertiary/aromatic N) is 1. The number of hydrogen-bond donors (Lipinski definition) is 2. The van der Waals surface area contributed by atoms with E-state index < -0.39 is 0 Å². The average Bonchev–Trinajstić information content (AvgIpc) is 2.28. The topological polar surface area (TPSA) is 67.6 Å². The van der Waals surface area contributed by atoms with E-state index in [1.807, 2.05) is 6.92 Å². The van der Waals surface area contributed by atoms with Crippen molar-refractivity contribution in [2.24, 2.45) is 5.73 Å². The van der Waals surface area contributed by atoms with Gasteiger partial charge in [-0.3, -0.25) is 9.69 Å². The molecule has 5 nitrogen and oxygen atoms in total. The van der Waals surface area contributed by atoms with Crippen LogP contribution in [0.25, 0.3) is 0 Å². The number of rotatable bonds is 6. The first-order chi connectivity index (χ1) is 8.42. The molecule has 0 saturated carbocycles. The molecule has 1 atom stereocenters. The van der Waals surface area contributed by atoms with Crippen LogP contribution in [-0.2, 0) is 9.53 Å². The standard InChI is InChI=1S/C13H27N3O2/c1-11(14)4-5-12(17)15-6-7-16-8-9-18-10-13(16,2)3/h11H,4-10,14H2,1-3H3,(H,15,17). The maximum Gasteiger partial charge on any atom is 0.220 e. The molecule has 0 radical (unpaired) electrons. The maximum absolute atomic E-state index is 11.5. The average molecular weight is 257 g/mol. The molecule has 5 heteroatoms. The monoisotopic (exact) mass is 257 g/mol. The Bertz CT molecular complexity index is 267. The second-order valence-electron chi connectivity index (χ2n) is 5.72. The molecule has 1 aliphatic rings. The summed E-state index contributed by atoms with van der Waals surface area (Å²) in [7, 11) is 0. The zero-order valence-electron chi connectivity index (χ0n) is 11.9. The van der Waals surface area contributed by atoms with Crippen LogP contribution in [0.1, 0.15) is 33.6 Å². The smallest absolute Gasteiger partial charge is 0.220 e. The van der Waals surface area contributed by atoms with E-state index in [2.05, 4.69) is 24.1 Å². The van der Waals surface area contributed by atoms with Crippen molar-refractivity contribution in [1.29, 1.82) is 0 Å². The van der Waals surface area contributed by atoms with Gasteiger partial charge in [0, 0.05) is 37.6 Å². The lowest BCUT2D eigenvalue weighted by Crippen LogP contribution is -2.54. The number of carbonyl (C=O) groups is 1. The second-order valence-corrected chi connectivity index (χ2v) is 5.72. The largest absolute Gasteiger partial charge is 0.378 e. The lowest BCUT2D eigenvalue weighted by Gasteiger charge is -2.42. The van der Waals surface area contributed by atoms with Crippen molar-refractivity contribution >= 4 is 5.91 Å². The molecular formula is C13H27N3O2. The highest BCUT2D eigenvalue weighted by atomic mass is 16.5. The lowest BCUT2D eigenvalue weighted by molar-refractivity contribution is -0.121. The number of nitrogens with one attached hydrogen (secondary N) is 1. The Hall–Kier alpha value is -0.650. The molecule has 106 valence electrons. The van der Waals surface area contributed by atoms with E-state index in [4.69, 9.17) is 10.5 Å². The minimum absolute atomic E-state index is 0.0642. The van der Waals surface area contributed by atoms with Crippen molar-refractivity contribution in [2.45, 2.75) is 45.2 Å². The van der Waals surface area contributed by atoms with E-state index in [9.17, 15) is 4.79 Å². The molecule has 1 heterocycles. The van der Waals surface area contributed by atoms with Gasteiger partial charge < -0.3 is 15.8 Å². The van der Waals surface area contributed by atoms with Crippen LogP contribution in [0.15, 0.2) is 0 Å². The summed E-state index contributed by atoms with van der Waals surface area (Å²) in [6, 6.07) is 0.0916. The van der Waals surface area contributed by atoms with Gasteiger partial charge in [-0.05, 0) is 27.2 Å². The maximum atomic E-state index is 11.5. The van der Waals surface area contributed by atoms with Crippen LogP contribution in [-0.4, -0.2) is 55.2 Å². The fourth-order valence-corrected chi connectivity index (χ4v) is 2.08. The molecule has 1 aliphatic heterocycles. The highest BCUT2D eigenvalue weighted by Gasteiger charge is 2.29. The molecule has 3 N–H and O–H groups in total. The third kappa shape index (κ3) is 5.33. The Labute approximate surface area is 110 Å².